The predicted molar refractivity (Wildman–Crippen MR) is 90.5 cm³/mol. The van der Waals surface area contributed by atoms with Crippen molar-refractivity contribution in [3.8, 4) is 0 Å². The zero-order chi connectivity index (χ0) is 17.4. The summed E-state index contributed by atoms with van der Waals surface area (Å²) in [6, 6.07) is 4.75. The maximum atomic E-state index is 12.6. The van der Waals surface area contributed by atoms with Crippen LogP contribution in [0.5, 0.6) is 0 Å². The molecule has 25 heavy (non-hydrogen) atoms. The molecule has 0 bridgehead atoms. The summed E-state index contributed by atoms with van der Waals surface area (Å²) in [4.78, 5) is 38.6. The second-order valence-corrected chi connectivity index (χ2v) is 7.12. The second-order valence-electron chi connectivity index (χ2n) is 7.12. The normalized spacial score (nSPS) is 22.9. The Morgan fingerprint density at radius 1 is 1.12 bits per heavy atom. The van der Waals surface area contributed by atoms with E-state index in [0.29, 0.717) is 35.8 Å². The van der Waals surface area contributed by atoms with Crippen LogP contribution in [0.1, 0.15) is 63.2 Å². The lowest BCUT2D eigenvalue weighted by atomic mass is 9.85. The highest BCUT2D eigenvalue weighted by Crippen LogP contribution is 2.27. The van der Waals surface area contributed by atoms with Crippen LogP contribution in [-0.2, 0) is 4.74 Å². The third kappa shape index (κ3) is 3.06. The lowest BCUT2D eigenvalue weighted by Gasteiger charge is -2.25. The first-order valence-electron chi connectivity index (χ1n) is 9.03. The first-order chi connectivity index (χ1) is 12.1. The van der Waals surface area contributed by atoms with E-state index in [2.05, 4.69) is 5.32 Å². The summed E-state index contributed by atoms with van der Waals surface area (Å²) in [6.45, 7) is 1.64. The average Bonchev–Trinajstić information content (AvgIpc) is 3.16. The number of hydrogen-bond acceptors (Lipinski definition) is 4. The highest BCUT2D eigenvalue weighted by atomic mass is 16.5. The molecule has 4 rings (SSSR count). The number of rotatable bonds is 5. The van der Waals surface area contributed by atoms with Gasteiger partial charge in [-0.3, -0.25) is 19.3 Å². The topological polar surface area (TPSA) is 75.7 Å². The molecule has 132 valence electrons. The minimum Gasteiger partial charge on any atom is -0.376 e. The number of nitrogens with one attached hydrogen (secondary N) is 1. The number of nitrogens with zero attached hydrogens (tertiary/aromatic N) is 1. The van der Waals surface area contributed by atoms with Crippen LogP contribution in [0.25, 0.3) is 0 Å². The van der Waals surface area contributed by atoms with Gasteiger partial charge in [0.15, 0.2) is 0 Å². The average molecular weight is 342 g/mol. The Balaban J connectivity index is 1.47. The number of imide groups is 1. The number of fused-ring (bicyclic) bond motifs is 1. The Hall–Kier alpha value is -2.21. The van der Waals surface area contributed by atoms with Crippen LogP contribution >= 0.6 is 0 Å². The van der Waals surface area contributed by atoms with Crippen molar-refractivity contribution in [2.24, 2.45) is 5.92 Å². The van der Waals surface area contributed by atoms with Crippen molar-refractivity contribution < 1.29 is 19.1 Å². The third-order valence-electron chi connectivity index (χ3n) is 5.42. The number of amides is 3. The van der Waals surface area contributed by atoms with Crippen molar-refractivity contribution in [3.63, 3.8) is 0 Å². The van der Waals surface area contributed by atoms with E-state index in [-0.39, 0.29) is 30.4 Å². The Labute approximate surface area is 146 Å². The number of carbonyl (C=O) groups is 3. The molecule has 1 saturated heterocycles. The van der Waals surface area contributed by atoms with Crippen LogP contribution < -0.4 is 5.32 Å². The minimum absolute atomic E-state index is 0.0764. The van der Waals surface area contributed by atoms with Gasteiger partial charge in [0.1, 0.15) is 0 Å². The molecule has 0 spiro atoms. The summed E-state index contributed by atoms with van der Waals surface area (Å²) in [6.07, 6.45) is 5.30. The SMILES string of the molecule is O=C(NCC1CCC1)c1ccc2c(c1)C(=O)N(C[C@@H]1CCCO1)C2=O. The standard InChI is InChI=1S/C19H22N2O4/c22-17(20-10-12-3-1-4-12)13-6-7-15-16(9-13)19(24)21(18(15)23)11-14-5-2-8-25-14/h6-7,9,12,14H,1-5,8,10-11H2,(H,20,22)/t14-/m0/s1. The summed E-state index contributed by atoms with van der Waals surface area (Å²) in [5.41, 5.74) is 1.12. The first kappa shape index (κ1) is 16.3. The Kier molecular flexibility index (Phi) is 4.29. The molecule has 2 fully saturated rings. The van der Waals surface area contributed by atoms with E-state index in [1.54, 1.807) is 18.2 Å². The van der Waals surface area contributed by atoms with Gasteiger partial charge < -0.3 is 10.1 Å². The van der Waals surface area contributed by atoms with E-state index < -0.39 is 0 Å². The van der Waals surface area contributed by atoms with E-state index in [9.17, 15) is 14.4 Å². The van der Waals surface area contributed by atoms with Gasteiger partial charge in [-0.1, -0.05) is 6.42 Å². The van der Waals surface area contributed by atoms with Gasteiger partial charge in [-0.25, -0.2) is 0 Å². The largest absolute Gasteiger partial charge is 0.376 e. The molecule has 3 amide bonds. The highest BCUT2D eigenvalue weighted by molar-refractivity contribution is 6.22. The van der Waals surface area contributed by atoms with E-state index in [1.807, 2.05) is 0 Å². The van der Waals surface area contributed by atoms with Crippen molar-refractivity contribution in [1.29, 1.82) is 0 Å². The summed E-state index contributed by atoms with van der Waals surface area (Å²) < 4.78 is 5.53. The van der Waals surface area contributed by atoms with E-state index in [4.69, 9.17) is 4.74 Å². The maximum absolute atomic E-state index is 12.6. The molecule has 1 aliphatic carbocycles. The number of carbonyl (C=O) groups excluding carboxylic acids is 3. The zero-order valence-electron chi connectivity index (χ0n) is 14.1. The molecule has 1 aromatic rings. The maximum Gasteiger partial charge on any atom is 0.261 e. The minimum atomic E-state index is -0.329. The van der Waals surface area contributed by atoms with Crippen molar-refractivity contribution >= 4 is 17.7 Å². The van der Waals surface area contributed by atoms with Gasteiger partial charge in [0.25, 0.3) is 17.7 Å². The fraction of sp³-hybridized carbons (Fsp3) is 0.526. The van der Waals surface area contributed by atoms with E-state index in [0.717, 1.165) is 25.7 Å². The molecule has 1 aromatic carbocycles. The molecular weight excluding hydrogens is 320 g/mol. The van der Waals surface area contributed by atoms with Crippen LogP contribution in [0.2, 0.25) is 0 Å². The Bertz CT molecular complexity index is 720. The molecule has 0 unspecified atom stereocenters. The monoisotopic (exact) mass is 342 g/mol. The number of hydrogen-bond donors (Lipinski definition) is 1. The molecule has 1 N–H and O–H groups in total. The summed E-state index contributed by atoms with van der Waals surface area (Å²) in [5.74, 6) is -0.239. The first-order valence-corrected chi connectivity index (χ1v) is 9.03. The molecule has 6 heteroatoms. The van der Waals surface area contributed by atoms with E-state index in [1.165, 1.54) is 11.3 Å². The van der Waals surface area contributed by atoms with Gasteiger partial charge in [-0.05, 0) is 49.8 Å². The fourth-order valence-electron chi connectivity index (χ4n) is 3.63. The van der Waals surface area contributed by atoms with Crippen LogP contribution in [0.15, 0.2) is 18.2 Å². The molecule has 1 saturated carbocycles. The number of ether oxygens (including phenoxy) is 1. The van der Waals surface area contributed by atoms with Gasteiger partial charge >= 0.3 is 0 Å². The van der Waals surface area contributed by atoms with Crippen molar-refractivity contribution in [1.82, 2.24) is 10.2 Å². The van der Waals surface area contributed by atoms with Gasteiger partial charge in [0.2, 0.25) is 0 Å². The lowest BCUT2D eigenvalue weighted by Crippen LogP contribution is -2.36. The molecule has 1 atom stereocenters. The summed E-state index contributed by atoms with van der Waals surface area (Å²) >= 11 is 0. The summed E-state index contributed by atoms with van der Waals surface area (Å²) in [7, 11) is 0. The molecule has 6 nitrogen and oxygen atoms in total. The molecule has 2 heterocycles. The molecule has 0 radical (unpaired) electrons. The van der Waals surface area contributed by atoms with Gasteiger partial charge in [-0.2, -0.15) is 0 Å². The van der Waals surface area contributed by atoms with Gasteiger partial charge in [0, 0.05) is 18.7 Å². The Morgan fingerprint density at radius 2 is 1.92 bits per heavy atom. The van der Waals surface area contributed by atoms with E-state index >= 15 is 0 Å². The quantitative estimate of drug-likeness (QED) is 0.831. The van der Waals surface area contributed by atoms with Gasteiger partial charge in [-0.15, -0.1) is 0 Å². The fourth-order valence-corrected chi connectivity index (χ4v) is 3.63. The zero-order valence-corrected chi connectivity index (χ0v) is 14.1. The van der Waals surface area contributed by atoms with Crippen molar-refractivity contribution in [2.45, 2.75) is 38.2 Å². The summed E-state index contributed by atoms with van der Waals surface area (Å²) in [5, 5.41) is 2.92. The van der Waals surface area contributed by atoms with Crippen molar-refractivity contribution in [2.75, 3.05) is 19.7 Å². The van der Waals surface area contributed by atoms with Crippen LogP contribution in [0.3, 0.4) is 0 Å². The van der Waals surface area contributed by atoms with Crippen molar-refractivity contribution in [3.05, 3.63) is 34.9 Å². The molecule has 0 aromatic heterocycles. The van der Waals surface area contributed by atoms with Gasteiger partial charge in [0.05, 0.1) is 23.8 Å². The highest BCUT2D eigenvalue weighted by Gasteiger charge is 2.38. The molecule has 2 aliphatic heterocycles. The van der Waals surface area contributed by atoms with Crippen LogP contribution in [0.4, 0.5) is 0 Å². The predicted octanol–water partition coefficient (Wildman–Crippen LogP) is 1.99. The lowest BCUT2D eigenvalue weighted by molar-refractivity contribution is 0.0475. The Morgan fingerprint density at radius 3 is 2.60 bits per heavy atom. The third-order valence-corrected chi connectivity index (χ3v) is 5.42. The second kappa shape index (κ2) is 6.59. The smallest absolute Gasteiger partial charge is 0.261 e. The molecule has 3 aliphatic rings. The number of benzene rings is 1. The van der Waals surface area contributed by atoms with Crippen LogP contribution in [-0.4, -0.2) is 48.4 Å². The molecular formula is C19H22N2O4. The van der Waals surface area contributed by atoms with Crippen LogP contribution in [0, 0.1) is 5.92 Å².